The molecular formula is C43H76O6. The molecule has 0 aromatic rings. The van der Waals surface area contributed by atoms with Crippen molar-refractivity contribution in [1.29, 1.82) is 0 Å². The lowest BCUT2D eigenvalue weighted by Crippen LogP contribution is -2.30. The lowest BCUT2D eigenvalue weighted by molar-refractivity contribution is -0.167. The van der Waals surface area contributed by atoms with Gasteiger partial charge in [-0.2, -0.15) is 0 Å². The van der Waals surface area contributed by atoms with Crippen molar-refractivity contribution in [3.8, 4) is 0 Å². The molecule has 0 saturated carbocycles. The number of esters is 3. The average Bonchev–Trinajstić information content (AvgIpc) is 3.10. The molecule has 6 heteroatoms. The van der Waals surface area contributed by atoms with Gasteiger partial charge in [0, 0.05) is 19.3 Å². The van der Waals surface area contributed by atoms with Crippen molar-refractivity contribution in [1.82, 2.24) is 0 Å². The summed E-state index contributed by atoms with van der Waals surface area (Å²) >= 11 is 0. The van der Waals surface area contributed by atoms with Gasteiger partial charge in [-0.05, 0) is 51.4 Å². The molecule has 0 N–H and O–H groups in total. The van der Waals surface area contributed by atoms with E-state index >= 15 is 0 Å². The molecule has 0 aromatic heterocycles. The third-order valence-corrected chi connectivity index (χ3v) is 8.66. The minimum absolute atomic E-state index is 0.0819. The molecule has 0 rings (SSSR count). The Bertz CT molecular complexity index is 845. The highest BCUT2D eigenvalue weighted by atomic mass is 16.6. The van der Waals surface area contributed by atoms with Gasteiger partial charge in [-0.15, -0.1) is 0 Å². The van der Waals surface area contributed by atoms with Crippen molar-refractivity contribution in [3.05, 3.63) is 36.5 Å². The first kappa shape index (κ1) is 46.6. The summed E-state index contributed by atoms with van der Waals surface area (Å²) < 4.78 is 16.6. The fourth-order valence-electron chi connectivity index (χ4n) is 5.57. The first-order chi connectivity index (χ1) is 24.0. The summed E-state index contributed by atoms with van der Waals surface area (Å²) in [7, 11) is 0. The molecule has 0 spiro atoms. The Balaban J connectivity index is 4.42. The number of hydrogen-bond donors (Lipinski definition) is 0. The van der Waals surface area contributed by atoms with Gasteiger partial charge in [-0.3, -0.25) is 14.4 Å². The first-order valence-corrected chi connectivity index (χ1v) is 20.5. The summed E-state index contributed by atoms with van der Waals surface area (Å²) in [6, 6.07) is 0. The number of unbranched alkanes of at least 4 members (excludes halogenated alkanes) is 19. The van der Waals surface area contributed by atoms with E-state index < -0.39 is 6.10 Å². The second-order valence-corrected chi connectivity index (χ2v) is 13.5. The summed E-state index contributed by atoms with van der Waals surface area (Å²) in [4.78, 5) is 37.4. The number of carbonyl (C=O) groups is 3. The Morgan fingerprint density at radius 2 is 0.796 bits per heavy atom. The van der Waals surface area contributed by atoms with E-state index in [1.165, 1.54) is 83.5 Å². The molecule has 0 heterocycles. The molecule has 0 aliphatic heterocycles. The molecule has 0 saturated heterocycles. The maximum atomic E-state index is 12.6. The lowest BCUT2D eigenvalue weighted by Gasteiger charge is -2.18. The SMILES string of the molecule is CC/C=C\C/C=C\C/C=C\CCCCC(=O)OCC(COC(=O)CCCCCCCCCCC)OC(=O)CCCCCCCCCCCC. The van der Waals surface area contributed by atoms with Gasteiger partial charge in [-0.25, -0.2) is 0 Å². The molecule has 0 aliphatic rings. The van der Waals surface area contributed by atoms with Crippen molar-refractivity contribution in [2.75, 3.05) is 13.2 Å². The van der Waals surface area contributed by atoms with Gasteiger partial charge >= 0.3 is 17.9 Å². The molecule has 0 bridgehead atoms. The smallest absolute Gasteiger partial charge is 0.306 e. The monoisotopic (exact) mass is 689 g/mol. The molecule has 49 heavy (non-hydrogen) atoms. The van der Waals surface area contributed by atoms with Gasteiger partial charge in [0.25, 0.3) is 0 Å². The summed E-state index contributed by atoms with van der Waals surface area (Å²) in [5.41, 5.74) is 0. The van der Waals surface area contributed by atoms with Crippen LogP contribution in [0.25, 0.3) is 0 Å². The second kappa shape index (κ2) is 38.4. The number of ether oxygens (including phenoxy) is 3. The Hall–Kier alpha value is -2.37. The van der Waals surface area contributed by atoms with E-state index in [9.17, 15) is 14.4 Å². The topological polar surface area (TPSA) is 78.9 Å². The van der Waals surface area contributed by atoms with Crippen LogP contribution in [0.2, 0.25) is 0 Å². The maximum absolute atomic E-state index is 12.6. The molecule has 0 fully saturated rings. The zero-order valence-corrected chi connectivity index (χ0v) is 32.2. The van der Waals surface area contributed by atoms with Gasteiger partial charge in [0.1, 0.15) is 13.2 Å². The Kier molecular flexibility index (Phi) is 36.6. The average molecular weight is 689 g/mol. The van der Waals surface area contributed by atoms with Crippen LogP contribution in [0.15, 0.2) is 36.5 Å². The van der Waals surface area contributed by atoms with Crippen LogP contribution in [0.4, 0.5) is 0 Å². The summed E-state index contributed by atoms with van der Waals surface area (Å²) in [6.45, 7) is 6.43. The second-order valence-electron chi connectivity index (χ2n) is 13.5. The van der Waals surface area contributed by atoms with E-state index in [1.807, 2.05) is 0 Å². The van der Waals surface area contributed by atoms with Crippen molar-refractivity contribution in [3.63, 3.8) is 0 Å². The van der Waals surface area contributed by atoms with Crippen LogP contribution < -0.4 is 0 Å². The third kappa shape index (κ3) is 36.7. The molecule has 1 atom stereocenters. The molecule has 0 aliphatic carbocycles. The van der Waals surface area contributed by atoms with Gasteiger partial charge in [0.2, 0.25) is 0 Å². The van der Waals surface area contributed by atoms with Crippen LogP contribution in [-0.4, -0.2) is 37.2 Å². The van der Waals surface area contributed by atoms with E-state index in [0.29, 0.717) is 19.3 Å². The molecule has 1 unspecified atom stereocenters. The van der Waals surface area contributed by atoms with Crippen LogP contribution in [-0.2, 0) is 28.6 Å². The van der Waals surface area contributed by atoms with Gasteiger partial charge in [0.05, 0.1) is 0 Å². The van der Waals surface area contributed by atoms with Crippen LogP contribution in [0.1, 0.15) is 201 Å². The zero-order valence-electron chi connectivity index (χ0n) is 32.2. The third-order valence-electron chi connectivity index (χ3n) is 8.66. The molecule has 0 aromatic carbocycles. The van der Waals surface area contributed by atoms with Crippen LogP contribution >= 0.6 is 0 Å². The minimum Gasteiger partial charge on any atom is -0.462 e. The Morgan fingerprint density at radius 1 is 0.429 bits per heavy atom. The lowest BCUT2D eigenvalue weighted by atomic mass is 10.1. The van der Waals surface area contributed by atoms with Crippen LogP contribution in [0.5, 0.6) is 0 Å². The molecule has 0 amide bonds. The number of hydrogen-bond acceptors (Lipinski definition) is 6. The van der Waals surface area contributed by atoms with Crippen molar-refractivity contribution in [2.24, 2.45) is 0 Å². The van der Waals surface area contributed by atoms with Gasteiger partial charge in [-0.1, -0.05) is 166 Å². The Labute approximate surface area is 302 Å². The van der Waals surface area contributed by atoms with E-state index in [0.717, 1.165) is 77.0 Å². The predicted octanol–water partition coefficient (Wildman–Crippen LogP) is 12.6. The molecular weight excluding hydrogens is 612 g/mol. The van der Waals surface area contributed by atoms with Crippen LogP contribution in [0, 0.1) is 0 Å². The quantitative estimate of drug-likeness (QED) is 0.0282. The normalized spacial score (nSPS) is 12.3. The number of rotatable bonds is 36. The van der Waals surface area contributed by atoms with Crippen molar-refractivity contribution >= 4 is 17.9 Å². The maximum Gasteiger partial charge on any atom is 0.306 e. The summed E-state index contributed by atoms with van der Waals surface area (Å²) in [5, 5.41) is 0. The molecule has 0 radical (unpaired) electrons. The fraction of sp³-hybridized carbons (Fsp3) is 0.791. The highest BCUT2D eigenvalue weighted by Gasteiger charge is 2.19. The largest absolute Gasteiger partial charge is 0.462 e. The summed E-state index contributed by atoms with van der Waals surface area (Å²) in [6.07, 6.45) is 41.3. The van der Waals surface area contributed by atoms with E-state index in [1.54, 1.807) is 0 Å². The van der Waals surface area contributed by atoms with Crippen LogP contribution in [0.3, 0.4) is 0 Å². The Morgan fingerprint density at radius 3 is 1.24 bits per heavy atom. The summed E-state index contributed by atoms with van der Waals surface area (Å²) in [5.74, 6) is -0.930. The van der Waals surface area contributed by atoms with E-state index in [2.05, 4.69) is 57.2 Å². The number of allylic oxidation sites excluding steroid dienone is 6. The standard InChI is InChI=1S/C43H76O6/c1-4-7-10-13-16-19-21-22-25-27-30-33-36-42(45)48-39-40(38-47-41(44)35-32-29-26-23-18-15-12-9-6-3)49-43(46)37-34-31-28-24-20-17-14-11-8-5-2/h7,10,16,19,22,25,40H,4-6,8-9,11-15,17-18,20-21,23-24,26-39H2,1-3H3/b10-7-,19-16-,25-22-. The minimum atomic E-state index is -0.778. The van der Waals surface area contributed by atoms with Crippen molar-refractivity contribution < 1.29 is 28.6 Å². The first-order valence-electron chi connectivity index (χ1n) is 20.5. The number of carbonyl (C=O) groups excluding carboxylic acids is 3. The van der Waals surface area contributed by atoms with E-state index in [4.69, 9.17) is 14.2 Å². The van der Waals surface area contributed by atoms with Gasteiger partial charge < -0.3 is 14.2 Å². The highest BCUT2D eigenvalue weighted by molar-refractivity contribution is 5.71. The van der Waals surface area contributed by atoms with Gasteiger partial charge in [0.15, 0.2) is 6.10 Å². The zero-order chi connectivity index (χ0) is 35.9. The molecule has 6 nitrogen and oxygen atoms in total. The fourth-order valence-corrected chi connectivity index (χ4v) is 5.57. The van der Waals surface area contributed by atoms with E-state index in [-0.39, 0.29) is 31.1 Å². The highest BCUT2D eigenvalue weighted by Crippen LogP contribution is 2.14. The molecule has 284 valence electrons. The predicted molar refractivity (Wildman–Crippen MR) is 206 cm³/mol. The van der Waals surface area contributed by atoms with Crippen molar-refractivity contribution in [2.45, 2.75) is 207 Å².